The lowest BCUT2D eigenvalue weighted by molar-refractivity contribution is 0.0615. The van der Waals surface area contributed by atoms with E-state index in [1.807, 2.05) is 65.6 Å². The molecule has 1 aliphatic heterocycles. The first-order valence-corrected chi connectivity index (χ1v) is 12.8. The number of benzene rings is 2. The molecule has 4 aromatic rings. The van der Waals surface area contributed by atoms with Gasteiger partial charge in [-0.2, -0.15) is 0 Å². The van der Waals surface area contributed by atoms with Crippen LogP contribution in [-0.4, -0.2) is 81.8 Å². The molecule has 186 valence electrons. The van der Waals surface area contributed by atoms with E-state index in [9.17, 15) is 9.90 Å². The molecule has 1 aliphatic rings. The number of carbonyl (C=O) groups excluding carboxylic acids is 1. The van der Waals surface area contributed by atoms with Crippen LogP contribution < -0.4 is 5.73 Å². The van der Waals surface area contributed by atoms with E-state index in [1.54, 1.807) is 0 Å². The number of β-amino-alcohol motifs (C(OH)–C–C–N with tert-alkyl or cyclic N) is 1. The zero-order valence-corrected chi connectivity index (χ0v) is 20.7. The fourth-order valence-corrected chi connectivity index (χ4v) is 5.82. The molecular formula is C27H29N5O3S. The van der Waals surface area contributed by atoms with Crippen molar-refractivity contribution in [3.8, 4) is 10.4 Å². The highest BCUT2D eigenvalue weighted by molar-refractivity contribution is 7.22. The van der Waals surface area contributed by atoms with Gasteiger partial charge in [0.1, 0.15) is 11.9 Å². The van der Waals surface area contributed by atoms with Gasteiger partial charge in [-0.1, -0.05) is 42.5 Å². The number of aromatic nitrogens is 2. The minimum atomic E-state index is -1.15. The number of hydrogen-bond donors (Lipinski definition) is 3. The van der Waals surface area contributed by atoms with Crippen LogP contribution in [0.5, 0.6) is 0 Å². The third-order valence-corrected chi connectivity index (χ3v) is 7.94. The standard InChI is InChI=1S/C27H29N5O3S/c28-27(17-34,21-4-2-1-3-5-21)25-24-22(29-18-30-25)16-23(36-24)19-6-8-20(9-7-19)26(35)32-12-10-31(11-13-32)14-15-33/h1-9,16,18,33-34H,10-15,17,28H2/t27-/m0/s1. The molecule has 4 N–H and O–H groups in total. The van der Waals surface area contributed by atoms with E-state index in [0.29, 0.717) is 30.9 Å². The van der Waals surface area contributed by atoms with Crippen molar-refractivity contribution >= 4 is 27.5 Å². The first kappa shape index (κ1) is 24.5. The molecule has 8 nitrogen and oxygen atoms in total. The molecule has 0 aliphatic carbocycles. The van der Waals surface area contributed by atoms with Crippen molar-refractivity contribution < 1.29 is 15.0 Å². The average molecular weight is 504 g/mol. The van der Waals surface area contributed by atoms with Gasteiger partial charge in [0, 0.05) is 43.2 Å². The maximum atomic E-state index is 13.0. The summed E-state index contributed by atoms with van der Waals surface area (Å²) in [5.74, 6) is 0.0217. The van der Waals surface area contributed by atoms with Crippen molar-refractivity contribution in [1.82, 2.24) is 19.8 Å². The van der Waals surface area contributed by atoms with E-state index >= 15 is 0 Å². The van der Waals surface area contributed by atoms with Gasteiger partial charge in [0.15, 0.2) is 0 Å². The SMILES string of the molecule is N[C@@](CO)(c1ccccc1)c1ncnc2cc(-c3ccc(C(=O)N4CCN(CCO)CC4)cc3)sc12. The summed E-state index contributed by atoms with van der Waals surface area (Å²) in [6, 6.07) is 19.1. The Hall–Kier alpha value is -3.21. The van der Waals surface area contributed by atoms with Crippen molar-refractivity contribution in [2.24, 2.45) is 5.73 Å². The predicted octanol–water partition coefficient (Wildman–Crippen LogP) is 2.30. The molecule has 1 atom stereocenters. The lowest BCUT2D eigenvalue weighted by atomic mass is 9.88. The van der Waals surface area contributed by atoms with Crippen LogP contribution in [0.3, 0.4) is 0 Å². The number of hydrogen-bond acceptors (Lipinski definition) is 8. The van der Waals surface area contributed by atoms with Crippen LogP contribution in [-0.2, 0) is 5.54 Å². The summed E-state index contributed by atoms with van der Waals surface area (Å²) in [5, 5.41) is 19.4. The minimum Gasteiger partial charge on any atom is -0.395 e. The fourth-order valence-electron chi connectivity index (χ4n) is 4.63. The lowest BCUT2D eigenvalue weighted by Crippen LogP contribution is -2.49. The molecule has 9 heteroatoms. The lowest BCUT2D eigenvalue weighted by Gasteiger charge is -2.34. The van der Waals surface area contributed by atoms with Crippen molar-refractivity contribution in [2.45, 2.75) is 5.54 Å². The zero-order valence-electron chi connectivity index (χ0n) is 19.9. The molecule has 2 aromatic carbocycles. The van der Waals surface area contributed by atoms with Crippen molar-refractivity contribution in [1.29, 1.82) is 0 Å². The molecule has 0 spiro atoms. The average Bonchev–Trinajstić information content (AvgIpc) is 3.38. The molecule has 0 bridgehead atoms. The second-order valence-corrected chi connectivity index (χ2v) is 10.0. The Balaban J connectivity index is 1.40. The highest BCUT2D eigenvalue weighted by Crippen LogP contribution is 2.38. The number of piperazine rings is 1. The molecule has 5 rings (SSSR count). The van der Waals surface area contributed by atoms with E-state index in [0.717, 1.165) is 39.3 Å². The van der Waals surface area contributed by atoms with Gasteiger partial charge in [0.05, 0.1) is 29.1 Å². The number of rotatable bonds is 7. The Labute approximate surface area is 213 Å². The smallest absolute Gasteiger partial charge is 0.253 e. The molecule has 3 heterocycles. The quantitative estimate of drug-likeness (QED) is 0.354. The Morgan fingerprint density at radius 3 is 2.39 bits per heavy atom. The van der Waals surface area contributed by atoms with Crippen LogP contribution in [0.15, 0.2) is 67.0 Å². The molecule has 0 radical (unpaired) electrons. The first-order valence-electron chi connectivity index (χ1n) is 12.0. The summed E-state index contributed by atoms with van der Waals surface area (Å²) in [6.45, 7) is 3.36. The Morgan fingerprint density at radius 1 is 1.00 bits per heavy atom. The monoisotopic (exact) mass is 503 g/mol. The number of carbonyl (C=O) groups is 1. The molecule has 2 aromatic heterocycles. The Bertz CT molecular complexity index is 1340. The number of fused-ring (bicyclic) bond motifs is 1. The zero-order chi connectivity index (χ0) is 25.1. The Kier molecular flexibility index (Phi) is 7.08. The summed E-state index contributed by atoms with van der Waals surface area (Å²) >= 11 is 1.52. The van der Waals surface area contributed by atoms with Gasteiger partial charge in [-0.05, 0) is 29.3 Å². The molecular weight excluding hydrogens is 474 g/mol. The topological polar surface area (TPSA) is 116 Å². The third-order valence-electron chi connectivity index (χ3n) is 6.76. The van der Waals surface area contributed by atoms with Crippen LogP contribution >= 0.6 is 11.3 Å². The number of thiophene rings is 1. The fraction of sp³-hybridized carbons (Fsp3) is 0.296. The van der Waals surface area contributed by atoms with Gasteiger partial charge in [0.25, 0.3) is 5.91 Å². The summed E-state index contributed by atoms with van der Waals surface area (Å²) in [6.07, 6.45) is 1.48. The molecule has 1 fully saturated rings. The Morgan fingerprint density at radius 2 is 1.72 bits per heavy atom. The van der Waals surface area contributed by atoms with E-state index in [4.69, 9.17) is 10.8 Å². The molecule has 1 saturated heterocycles. The van der Waals surface area contributed by atoms with Crippen LogP contribution in [0.1, 0.15) is 21.6 Å². The number of amides is 1. The van der Waals surface area contributed by atoms with Crippen molar-refractivity contribution in [3.05, 3.63) is 83.8 Å². The number of nitrogens with two attached hydrogens (primary N) is 1. The molecule has 36 heavy (non-hydrogen) atoms. The van der Waals surface area contributed by atoms with Gasteiger partial charge >= 0.3 is 0 Å². The second kappa shape index (κ2) is 10.4. The maximum absolute atomic E-state index is 13.0. The predicted molar refractivity (Wildman–Crippen MR) is 141 cm³/mol. The molecule has 1 amide bonds. The largest absolute Gasteiger partial charge is 0.395 e. The minimum absolute atomic E-state index is 0.0217. The number of aliphatic hydroxyl groups is 2. The third kappa shape index (κ3) is 4.63. The van der Waals surface area contributed by atoms with Gasteiger partial charge in [-0.3, -0.25) is 9.69 Å². The van der Waals surface area contributed by atoms with Gasteiger partial charge < -0.3 is 20.8 Å². The van der Waals surface area contributed by atoms with E-state index in [1.165, 1.54) is 17.7 Å². The second-order valence-electron chi connectivity index (χ2n) is 8.98. The first-order chi connectivity index (χ1) is 17.5. The summed E-state index contributed by atoms with van der Waals surface area (Å²) < 4.78 is 0.828. The van der Waals surface area contributed by atoms with Gasteiger partial charge in [-0.25, -0.2) is 9.97 Å². The van der Waals surface area contributed by atoms with E-state index in [-0.39, 0.29) is 19.1 Å². The number of aliphatic hydroxyl groups excluding tert-OH is 2. The highest BCUT2D eigenvalue weighted by Gasteiger charge is 2.33. The highest BCUT2D eigenvalue weighted by atomic mass is 32.1. The van der Waals surface area contributed by atoms with Crippen molar-refractivity contribution in [3.63, 3.8) is 0 Å². The summed E-state index contributed by atoms with van der Waals surface area (Å²) in [7, 11) is 0. The van der Waals surface area contributed by atoms with Gasteiger partial charge in [0.2, 0.25) is 0 Å². The van der Waals surface area contributed by atoms with Crippen LogP contribution in [0.25, 0.3) is 20.7 Å². The van der Waals surface area contributed by atoms with Crippen LogP contribution in [0.2, 0.25) is 0 Å². The van der Waals surface area contributed by atoms with Crippen molar-refractivity contribution in [2.75, 3.05) is 45.9 Å². The maximum Gasteiger partial charge on any atom is 0.253 e. The van der Waals surface area contributed by atoms with Crippen LogP contribution in [0, 0.1) is 0 Å². The normalized spacial score (nSPS) is 16.2. The summed E-state index contributed by atoms with van der Waals surface area (Å²) in [5.41, 5.74) is 9.32. The van der Waals surface area contributed by atoms with Gasteiger partial charge in [-0.15, -0.1) is 11.3 Å². The number of nitrogens with zero attached hydrogens (tertiary/aromatic N) is 4. The van der Waals surface area contributed by atoms with E-state index < -0.39 is 5.54 Å². The van der Waals surface area contributed by atoms with Crippen LogP contribution in [0.4, 0.5) is 0 Å². The molecule has 0 saturated carbocycles. The molecule has 0 unspecified atom stereocenters. The van der Waals surface area contributed by atoms with E-state index in [2.05, 4.69) is 14.9 Å². The summed E-state index contributed by atoms with van der Waals surface area (Å²) in [4.78, 5) is 26.9.